The van der Waals surface area contributed by atoms with Crippen molar-refractivity contribution in [3.05, 3.63) is 88.6 Å². The molecule has 4 nitrogen and oxygen atoms in total. The van der Waals surface area contributed by atoms with E-state index in [-0.39, 0.29) is 11.5 Å². The summed E-state index contributed by atoms with van der Waals surface area (Å²) < 4.78 is 20.4. The molecule has 5 heteroatoms. The molecule has 3 aromatic carbocycles. The van der Waals surface area contributed by atoms with Crippen LogP contribution in [0.5, 0.6) is 5.75 Å². The first-order chi connectivity index (χ1) is 12.2. The zero-order valence-electron chi connectivity index (χ0n) is 13.3. The smallest absolute Gasteiger partial charge is 0.323 e. The molecule has 0 unspecified atom stereocenters. The van der Waals surface area contributed by atoms with Gasteiger partial charge in [0.1, 0.15) is 18.2 Å². The number of hydrogen-bond donors (Lipinski definition) is 2. The third-order valence-electron chi connectivity index (χ3n) is 4.02. The van der Waals surface area contributed by atoms with E-state index in [1.807, 2.05) is 30.3 Å². The maximum atomic E-state index is 14.5. The lowest BCUT2D eigenvalue weighted by Gasteiger charge is -2.13. The van der Waals surface area contributed by atoms with E-state index in [2.05, 4.69) is 9.97 Å². The first kappa shape index (κ1) is 15.2. The third-order valence-corrected chi connectivity index (χ3v) is 4.02. The molecule has 0 aliphatic rings. The van der Waals surface area contributed by atoms with Crippen molar-refractivity contribution in [2.75, 3.05) is 0 Å². The van der Waals surface area contributed by atoms with E-state index >= 15 is 0 Å². The molecule has 124 valence electrons. The maximum absolute atomic E-state index is 14.5. The summed E-state index contributed by atoms with van der Waals surface area (Å²) >= 11 is 0. The number of fused-ring (bicyclic) bond motifs is 1. The normalized spacial score (nSPS) is 10.9. The average Bonchev–Trinajstić information content (AvgIpc) is 3.00. The predicted molar refractivity (Wildman–Crippen MR) is 95.1 cm³/mol. The number of imidazole rings is 1. The van der Waals surface area contributed by atoms with E-state index < -0.39 is 0 Å². The molecular weight excluding hydrogens is 319 g/mol. The molecule has 0 atom stereocenters. The van der Waals surface area contributed by atoms with Gasteiger partial charge < -0.3 is 14.7 Å². The molecule has 0 aliphatic heterocycles. The van der Waals surface area contributed by atoms with Crippen molar-refractivity contribution in [1.82, 2.24) is 9.97 Å². The van der Waals surface area contributed by atoms with E-state index in [4.69, 9.17) is 4.74 Å². The Labute approximate surface area is 142 Å². The molecule has 0 saturated carbocycles. The summed E-state index contributed by atoms with van der Waals surface area (Å²) in [5, 5.41) is 0. The minimum absolute atomic E-state index is 0.291. The Kier molecular flexibility index (Phi) is 3.82. The Hall–Kier alpha value is -3.34. The summed E-state index contributed by atoms with van der Waals surface area (Å²) in [5.74, 6) is 0.0869. The van der Waals surface area contributed by atoms with Gasteiger partial charge in [-0.1, -0.05) is 42.5 Å². The minimum atomic E-state index is -0.372. The molecule has 1 heterocycles. The fourth-order valence-electron chi connectivity index (χ4n) is 2.83. The van der Waals surface area contributed by atoms with Gasteiger partial charge in [-0.2, -0.15) is 0 Å². The largest absolute Gasteiger partial charge is 0.488 e. The number of halogens is 1. The number of nitrogens with one attached hydrogen (secondary N) is 2. The van der Waals surface area contributed by atoms with E-state index in [9.17, 15) is 9.18 Å². The first-order valence-electron chi connectivity index (χ1n) is 7.88. The fourth-order valence-corrected chi connectivity index (χ4v) is 2.83. The van der Waals surface area contributed by atoms with Crippen LogP contribution in [0.2, 0.25) is 0 Å². The van der Waals surface area contributed by atoms with Crippen LogP contribution in [0.15, 0.2) is 71.5 Å². The highest BCUT2D eigenvalue weighted by atomic mass is 19.1. The summed E-state index contributed by atoms with van der Waals surface area (Å²) in [6.45, 7) is 0.348. The van der Waals surface area contributed by atoms with Gasteiger partial charge >= 0.3 is 5.69 Å². The Balaban J connectivity index is 1.73. The second kappa shape index (κ2) is 6.28. The van der Waals surface area contributed by atoms with Gasteiger partial charge in [-0.15, -0.1) is 0 Å². The Bertz CT molecular complexity index is 1080. The molecule has 25 heavy (non-hydrogen) atoms. The number of benzene rings is 3. The van der Waals surface area contributed by atoms with Gasteiger partial charge in [-0.25, -0.2) is 9.18 Å². The molecule has 0 radical (unpaired) electrons. The van der Waals surface area contributed by atoms with Crippen molar-refractivity contribution >= 4 is 11.0 Å². The van der Waals surface area contributed by atoms with E-state index in [1.54, 1.807) is 30.3 Å². The SMILES string of the molecule is O=c1[nH]c2ccc(-c3c(F)cccc3OCc3ccccc3)cc2[nH]1. The molecule has 0 spiro atoms. The second-order valence-corrected chi connectivity index (χ2v) is 5.73. The number of hydrogen-bond acceptors (Lipinski definition) is 2. The zero-order valence-corrected chi connectivity index (χ0v) is 13.3. The standard InChI is InChI=1S/C20H15FN2O2/c21-15-7-4-8-18(25-12-13-5-2-1-3-6-13)19(15)14-9-10-16-17(11-14)23-20(24)22-16/h1-11H,12H2,(H2,22,23,24). The highest BCUT2D eigenvalue weighted by Crippen LogP contribution is 2.34. The number of aromatic amines is 2. The van der Waals surface area contributed by atoms with Crippen LogP contribution in [-0.4, -0.2) is 9.97 Å². The number of rotatable bonds is 4. The topological polar surface area (TPSA) is 57.9 Å². The van der Waals surface area contributed by atoms with Gasteiger partial charge in [0, 0.05) is 0 Å². The zero-order chi connectivity index (χ0) is 17.2. The molecule has 0 aliphatic carbocycles. The van der Waals surface area contributed by atoms with Crippen LogP contribution in [0.4, 0.5) is 4.39 Å². The highest BCUT2D eigenvalue weighted by Gasteiger charge is 2.13. The summed E-state index contributed by atoms with van der Waals surface area (Å²) in [6, 6.07) is 19.7. The molecule has 0 fully saturated rings. The Morgan fingerprint density at radius 1 is 0.880 bits per heavy atom. The van der Waals surface area contributed by atoms with Crippen molar-refractivity contribution in [3.63, 3.8) is 0 Å². The lowest BCUT2D eigenvalue weighted by molar-refractivity contribution is 0.306. The number of aromatic nitrogens is 2. The van der Waals surface area contributed by atoms with Gasteiger partial charge in [0.15, 0.2) is 0 Å². The van der Waals surface area contributed by atoms with E-state index in [0.29, 0.717) is 34.5 Å². The second-order valence-electron chi connectivity index (χ2n) is 5.73. The van der Waals surface area contributed by atoms with Gasteiger partial charge in [-0.3, -0.25) is 0 Å². The van der Waals surface area contributed by atoms with Crippen molar-refractivity contribution in [3.8, 4) is 16.9 Å². The third kappa shape index (κ3) is 3.04. The lowest BCUT2D eigenvalue weighted by atomic mass is 10.0. The van der Waals surface area contributed by atoms with Crippen molar-refractivity contribution in [1.29, 1.82) is 0 Å². The molecule has 2 N–H and O–H groups in total. The van der Waals surface area contributed by atoms with Crippen LogP contribution in [0, 0.1) is 5.82 Å². The fraction of sp³-hybridized carbons (Fsp3) is 0.0500. The van der Waals surface area contributed by atoms with Gasteiger partial charge in [0.2, 0.25) is 0 Å². The predicted octanol–water partition coefficient (Wildman–Crippen LogP) is 4.24. The molecule has 4 rings (SSSR count). The molecule has 1 aromatic heterocycles. The van der Waals surface area contributed by atoms with Crippen molar-refractivity contribution in [2.45, 2.75) is 6.61 Å². The quantitative estimate of drug-likeness (QED) is 0.586. The maximum Gasteiger partial charge on any atom is 0.323 e. The van der Waals surface area contributed by atoms with Gasteiger partial charge in [-0.05, 0) is 35.4 Å². The summed E-state index contributed by atoms with van der Waals surface area (Å²) in [4.78, 5) is 16.8. The summed E-state index contributed by atoms with van der Waals surface area (Å²) in [6.07, 6.45) is 0. The van der Waals surface area contributed by atoms with Crippen molar-refractivity contribution < 1.29 is 9.13 Å². The minimum Gasteiger partial charge on any atom is -0.488 e. The van der Waals surface area contributed by atoms with E-state index in [0.717, 1.165) is 5.56 Å². The highest BCUT2D eigenvalue weighted by molar-refractivity contribution is 5.83. The first-order valence-corrected chi connectivity index (χ1v) is 7.88. The molecule has 0 bridgehead atoms. The van der Waals surface area contributed by atoms with Crippen LogP contribution in [0.1, 0.15) is 5.56 Å². The van der Waals surface area contributed by atoms with Crippen LogP contribution >= 0.6 is 0 Å². The van der Waals surface area contributed by atoms with Crippen LogP contribution in [0.25, 0.3) is 22.2 Å². The number of ether oxygens (including phenoxy) is 1. The Morgan fingerprint density at radius 3 is 2.52 bits per heavy atom. The Morgan fingerprint density at radius 2 is 1.68 bits per heavy atom. The molecule has 0 saturated heterocycles. The van der Waals surface area contributed by atoms with Crippen molar-refractivity contribution in [2.24, 2.45) is 0 Å². The molecular formula is C20H15FN2O2. The molecule has 0 amide bonds. The van der Waals surface area contributed by atoms with Crippen LogP contribution in [0.3, 0.4) is 0 Å². The monoisotopic (exact) mass is 334 g/mol. The average molecular weight is 334 g/mol. The summed E-state index contributed by atoms with van der Waals surface area (Å²) in [7, 11) is 0. The van der Waals surface area contributed by atoms with Crippen LogP contribution < -0.4 is 10.4 Å². The van der Waals surface area contributed by atoms with E-state index in [1.165, 1.54) is 6.07 Å². The number of H-pyrrole nitrogens is 2. The van der Waals surface area contributed by atoms with Crippen LogP contribution in [-0.2, 0) is 6.61 Å². The molecule has 4 aromatic rings. The van der Waals surface area contributed by atoms with Gasteiger partial charge in [0.05, 0.1) is 16.6 Å². The summed E-state index contributed by atoms with van der Waals surface area (Å²) in [5.41, 5.74) is 3.03. The lowest BCUT2D eigenvalue weighted by Crippen LogP contribution is -1.99. The van der Waals surface area contributed by atoms with Gasteiger partial charge in [0.25, 0.3) is 0 Å².